The summed E-state index contributed by atoms with van der Waals surface area (Å²) in [6, 6.07) is 6.30. The standard InChI is InChI=1S/C13H17FN4S/c1-2-7-18-13(8-16-17-18)12(15)9-19-11-5-3-10(14)4-6-11/h3-6,8,12H,2,7,9,15H2,1H3. The van der Waals surface area contributed by atoms with Gasteiger partial charge in [-0.2, -0.15) is 0 Å². The highest BCUT2D eigenvalue weighted by Gasteiger charge is 2.12. The van der Waals surface area contributed by atoms with Crippen molar-refractivity contribution in [2.45, 2.75) is 30.8 Å². The van der Waals surface area contributed by atoms with Gasteiger partial charge in [0, 0.05) is 17.2 Å². The Hall–Kier alpha value is -1.40. The van der Waals surface area contributed by atoms with Gasteiger partial charge in [-0.1, -0.05) is 12.1 Å². The van der Waals surface area contributed by atoms with Crippen LogP contribution in [0, 0.1) is 5.82 Å². The van der Waals surface area contributed by atoms with Gasteiger partial charge in [-0.05, 0) is 30.7 Å². The zero-order chi connectivity index (χ0) is 13.7. The van der Waals surface area contributed by atoms with Crippen LogP contribution in [0.15, 0.2) is 35.4 Å². The van der Waals surface area contributed by atoms with Crippen LogP contribution < -0.4 is 5.73 Å². The molecule has 0 aliphatic rings. The molecule has 2 aromatic rings. The van der Waals surface area contributed by atoms with Gasteiger partial charge in [-0.15, -0.1) is 16.9 Å². The van der Waals surface area contributed by atoms with Gasteiger partial charge >= 0.3 is 0 Å². The van der Waals surface area contributed by atoms with E-state index < -0.39 is 0 Å². The minimum Gasteiger partial charge on any atom is -0.322 e. The molecule has 6 heteroatoms. The third-order valence-electron chi connectivity index (χ3n) is 2.71. The molecule has 19 heavy (non-hydrogen) atoms. The van der Waals surface area contributed by atoms with Crippen LogP contribution in [0.3, 0.4) is 0 Å². The first-order valence-corrected chi connectivity index (χ1v) is 7.21. The molecule has 1 aromatic heterocycles. The van der Waals surface area contributed by atoms with Gasteiger partial charge < -0.3 is 5.73 Å². The monoisotopic (exact) mass is 280 g/mol. The van der Waals surface area contributed by atoms with Crippen molar-refractivity contribution in [1.82, 2.24) is 15.0 Å². The van der Waals surface area contributed by atoms with Crippen LogP contribution in [0.25, 0.3) is 0 Å². The number of halogens is 1. The van der Waals surface area contributed by atoms with Crippen LogP contribution in [0.5, 0.6) is 0 Å². The van der Waals surface area contributed by atoms with Gasteiger partial charge in [-0.25, -0.2) is 9.07 Å². The van der Waals surface area contributed by atoms with Crippen molar-refractivity contribution < 1.29 is 4.39 Å². The summed E-state index contributed by atoms with van der Waals surface area (Å²) in [6.45, 7) is 2.91. The molecule has 0 saturated heterocycles. The SMILES string of the molecule is CCCn1nncc1C(N)CSc1ccc(F)cc1. The molecule has 0 spiro atoms. The van der Waals surface area contributed by atoms with E-state index in [1.54, 1.807) is 30.1 Å². The van der Waals surface area contributed by atoms with Crippen LogP contribution in [0.4, 0.5) is 4.39 Å². The number of benzene rings is 1. The Labute approximate surface area is 116 Å². The van der Waals surface area contributed by atoms with Gasteiger partial charge in [0.25, 0.3) is 0 Å². The lowest BCUT2D eigenvalue weighted by Gasteiger charge is -2.12. The Bertz CT molecular complexity index is 512. The third kappa shape index (κ3) is 3.78. The van der Waals surface area contributed by atoms with Crippen molar-refractivity contribution in [3.63, 3.8) is 0 Å². The number of nitrogens with two attached hydrogens (primary N) is 1. The van der Waals surface area contributed by atoms with E-state index in [1.165, 1.54) is 12.1 Å². The van der Waals surface area contributed by atoms with Crippen molar-refractivity contribution >= 4 is 11.8 Å². The normalized spacial score (nSPS) is 12.6. The van der Waals surface area contributed by atoms with Crippen molar-refractivity contribution in [2.75, 3.05) is 5.75 Å². The molecular weight excluding hydrogens is 263 g/mol. The summed E-state index contributed by atoms with van der Waals surface area (Å²) < 4.78 is 14.6. The predicted octanol–water partition coefficient (Wildman–Crippen LogP) is 2.62. The first-order valence-electron chi connectivity index (χ1n) is 6.23. The molecule has 1 atom stereocenters. The van der Waals surface area contributed by atoms with Crippen molar-refractivity contribution in [3.8, 4) is 0 Å². The molecule has 1 heterocycles. The summed E-state index contributed by atoms with van der Waals surface area (Å²) >= 11 is 1.60. The fourth-order valence-corrected chi connectivity index (χ4v) is 2.61. The second-order valence-corrected chi connectivity index (χ2v) is 5.35. The van der Waals surface area contributed by atoms with Crippen LogP contribution in [-0.2, 0) is 6.54 Å². The van der Waals surface area contributed by atoms with E-state index >= 15 is 0 Å². The highest BCUT2D eigenvalue weighted by atomic mass is 32.2. The van der Waals surface area contributed by atoms with Gasteiger partial charge in [0.05, 0.1) is 17.9 Å². The minimum atomic E-state index is -0.223. The molecule has 4 nitrogen and oxygen atoms in total. The topological polar surface area (TPSA) is 56.7 Å². The summed E-state index contributed by atoms with van der Waals surface area (Å²) in [5.41, 5.74) is 7.09. The van der Waals surface area contributed by atoms with Crippen molar-refractivity contribution in [1.29, 1.82) is 0 Å². The highest BCUT2D eigenvalue weighted by molar-refractivity contribution is 7.99. The van der Waals surface area contributed by atoms with E-state index in [4.69, 9.17) is 5.73 Å². The molecule has 1 unspecified atom stereocenters. The van der Waals surface area contributed by atoms with Crippen LogP contribution in [0.1, 0.15) is 25.1 Å². The molecule has 0 fully saturated rings. The summed E-state index contributed by atoms with van der Waals surface area (Å²) in [4.78, 5) is 1.01. The predicted molar refractivity (Wildman–Crippen MR) is 74.4 cm³/mol. The van der Waals surface area contributed by atoms with Gasteiger partial charge in [-0.3, -0.25) is 0 Å². The van der Waals surface area contributed by atoms with Crippen molar-refractivity contribution in [2.24, 2.45) is 5.73 Å². The van der Waals surface area contributed by atoms with E-state index in [0.717, 1.165) is 23.6 Å². The quantitative estimate of drug-likeness (QED) is 0.826. The smallest absolute Gasteiger partial charge is 0.123 e. The second kappa shape index (κ2) is 6.68. The lowest BCUT2D eigenvalue weighted by Crippen LogP contribution is -2.18. The Kier molecular flexibility index (Phi) is 4.93. The van der Waals surface area contributed by atoms with Gasteiger partial charge in [0.2, 0.25) is 0 Å². The minimum absolute atomic E-state index is 0.128. The Morgan fingerprint density at radius 1 is 1.37 bits per heavy atom. The second-order valence-electron chi connectivity index (χ2n) is 4.25. The lowest BCUT2D eigenvalue weighted by molar-refractivity contribution is 0.539. The van der Waals surface area contributed by atoms with Crippen LogP contribution in [-0.4, -0.2) is 20.7 Å². The number of aromatic nitrogens is 3. The van der Waals surface area contributed by atoms with Crippen molar-refractivity contribution in [3.05, 3.63) is 42.0 Å². The fraction of sp³-hybridized carbons (Fsp3) is 0.385. The first kappa shape index (κ1) is 14.0. The summed E-state index contributed by atoms with van der Waals surface area (Å²) in [7, 11) is 0. The maximum absolute atomic E-state index is 12.8. The molecule has 0 bridgehead atoms. The van der Waals surface area contributed by atoms with E-state index in [0.29, 0.717) is 5.75 Å². The molecule has 0 radical (unpaired) electrons. The molecule has 0 saturated carbocycles. The summed E-state index contributed by atoms with van der Waals surface area (Å²) in [5, 5.41) is 7.92. The largest absolute Gasteiger partial charge is 0.322 e. The average Bonchev–Trinajstić information content (AvgIpc) is 2.86. The number of nitrogens with zero attached hydrogens (tertiary/aromatic N) is 3. The molecule has 0 aliphatic carbocycles. The first-order chi connectivity index (χ1) is 9.20. The Morgan fingerprint density at radius 3 is 2.79 bits per heavy atom. The zero-order valence-corrected chi connectivity index (χ0v) is 11.6. The number of hydrogen-bond acceptors (Lipinski definition) is 4. The molecule has 2 N–H and O–H groups in total. The number of aryl methyl sites for hydroxylation is 1. The fourth-order valence-electron chi connectivity index (χ4n) is 1.74. The maximum Gasteiger partial charge on any atom is 0.123 e. The zero-order valence-electron chi connectivity index (χ0n) is 10.8. The summed E-state index contributed by atoms with van der Waals surface area (Å²) in [6.07, 6.45) is 2.71. The Morgan fingerprint density at radius 2 is 2.11 bits per heavy atom. The molecular formula is C13H17FN4S. The van der Waals surface area contributed by atoms with Crippen LogP contribution >= 0.6 is 11.8 Å². The maximum atomic E-state index is 12.8. The number of thioether (sulfide) groups is 1. The number of hydrogen-bond donors (Lipinski definition) is 1. The van der Waals surface area contributed by atoms with E-state index in [2.05, 4.69) is 17.2 Å². The highest BCUT2D eigenvalue weighted by Crippen LogP contribution is 2.23. The average molecular weight is 280 g/mol. The lowest BCUT2D eigenvalue weighted by atomic mass is 10.2. The van der Waals surface area contributed by atoms with Gasteiger partial charge in [0.15, 0.2) is 0 Å². The molecule has 0 amide bonds. The molecule has 102 valence electrons. The van der Waals surface area contributed by atoms with E-state index in [9.17, 15) is 4.39 Å². The molecule has 2 rings (SSSR count). The van der Waals surface area contributed by atoms with Crippen LogP contribution in [0.2, 0.25) is 0 Å². The summed E-state index contributed by atoms with van der Waals surface area (Å²) in [5.74, 6) is 0.488. The van der Waals surface area contributed by atoms with E-state index in [-0.39, 0.29) is 11.9 Å². The molecule has 0 aliphatic heterocycles. The molecule has 1 aromatic carbocycles. The number of rotatable bonds is 6. The van der Waals surface area contributed by atoms with Gasteiger partial charge in [0.1, 0.15) is 5.82 Å². The Balaban J connectivity index is 1.95. The third-order valence-corrected chi connectivity index (χ3v) is 3.84. The van der Waals surface area contributed by atoms with E-state index in [1.807, 2.05) is 4.68 Å².